The highest BCUT2D eigenvalue weighted by molar-refractivity contribution is 5.78. The second kappa shape index (κ2) is 13.2. The molecule has 3 aromatic rings. The predicted octanol–water partition coefficient (Wildman–Crippen LogP) is 8.18. The Balaban J connectivity index is 2.32. The zero-order chi connectivity index (χ0) is 32.2. The van der Waals surface area contributed by atoms with Crippen molar-refractivity contribution in [2.24, 2.45) is 5.92 Å². The Morgan fingerprint density at radius 3 is 2.05 bits per heavy atom. The molecule has 0 saturated heterocycles. The van der Waals surface area contributed by atoms with E-state index in [1.54, 1.807) is 44.2 Å². The molecule has 0 bridgehead atoms. The number of alkyl halides is 7. The molecule has 0 heterocycles. The van der Waals surface area contributed by atoms with Crippen molar-refractivity contribution in [1.29, 1.82) is 0 Å². The van der Waals surface area contributed by atoms with Crippen LogP contribution >= 0.6 is 0 Å². The van der Waals surface area contributed by atoms with E-state index in [-0.39, 0.29) is 12.0 Å². The largest absolute Gasteiger partial charge is 0.488 e. The minimum Gasteiger partial charge on any atom is -0.488 e. The molecule has 2 unspecified atom stereocenters. The average molecular weight is 622 g/mol. The van der Waals surface area contributed by atoms with E-state index in [1.165, 1.54) is 12.1 Å². The van der Waals surface area contributed by atoms with Crippen LogP contribution in [0.2, 0.25) is 0 Å². The van der Waals surface area contributed by atoms with Crippen molar-refractivity contribution in [2.45, 2.75) is 64.0 Å². The summed E-state index contributed by atoms with van der Waals surface area (Å²) in [5.41, 5.74) is -2.53. The summed E-state index contributed by atoms with van der Waals surface area (Å²) in [5, 5.41) is 2.45. The van der Waals surface area contributed by atoms with Gasteiger partial charge in [-0.15, -0.1) is 0 Å². The maximum absolute atomic E-state index is 15.9. The number of carbonyl (C=O) groups is 1. The topological polar surface area (TPSA) is 47.6 Å². The van der Waals surface area contributed by atoms with Gasteiger partial charge in [-0.3, -0.25) is 4.79 Å². The quantitative estimate of drug-likeness (QED) is 0.208. The molecule has 0 radical (unpaired) electrons. The second-order valence-electron chi connectivity index (χ2n) is 10.2. The van der Waals surface area contributed by atoms with Gasteiger partial charge in [0.15, 0.2) is 11.6 Å². The first-order valence-electron chi connectivity index (χ1n) is 13.0. The molecule has 1 N–H and O–H groups in total. The zero-order valence-corrected chi connectivity index (χ0v) is 23.1. The van der Waals surface area contributed by atoms with Crippen LogP contribution in [0.3, 0.4) is 0 Å². The van der Waals surface area contributed by atoms with Crippen LogP contribution in [0.15, 0.2) is 66.7 Å². The highest BCUT2D eigenvalue weighted by Gasteiger charge is 2.46. The molecule has 13 heteroatoms. The lowest BCUT2D eigenvalue weighted by molar-refractivity contribution is -0.253. The van der Waals surface area contributed by atoms with Crippen LogP contribution in [-0.4, -0.2) is 30.7 Å². The SMILES string of the molecule is CC(C)Oc1c(F)cccc1C(Cc1ccccc1)(NC(=O)CC(C)C(F)(F)F)c1ccc(OC(F)(F)C(F)F)cc1F. The Morgan fingerprint density at radius 2 is 1.49 bits per heavy atom. The fraction of sp³-hybridized carbons (Fsp3) is 0.367. The summed E-state index contributed by atoms with van der Waals surface area (Å²) in [6, 6.07) is 13.3. The van der Waals surface area contributed by atoms with Crippen LogP contribution in [0.1, 0.15) is 43.9 Å². The summed E-state index contributed by atoms with van der Waals surface area (Å²) in [7, 11) is 0. The van der Waals surface area contributed by atoms with E-state index in [9.17, 15) is 35.5 Å². The Kier molecular flexibility index (Phi) is 10.3. The van der Waals surface area contributed by atoms with E-state index in [4.69, 9.17) is 4.74 Å². The first-order valence-corrected chi connectivity index (χ1v) is 13.0. The molecular weight excluding hydrogens is 593 g/mol. The molecule has 0 aliphatic rings. The maximum Gasteiger partial charge on any atom is 0.461 e. The van der Waals surface area contributed by atoms with Crippen LogP contribution in [0.25, 0.3) is 0 Å². The van der Waals surface area contributed by atoms with E-state index in [2.05, 4.69) is 10.1 Å². The van der Waals surface area contributed by atoms with Gasteiger partial charge < -0.3 is 14.8 Å². The smallest absolute Gasteiger partial charge is 0.461 e. The predicted molar refractivity (Wildman–Crippen MR) is 139 cm³/mol. The van der Waals surface area contributed by atoms with Crippen LogP contribution in [0.4, 0.5) is 39.5 Å². The Morgan fingerprint density at radius 1 is 0.837 bits per heavy atom. The molecule has 234 valence electrons. The summed E-state index contributed by atoms with van der Waals surface area (Å²) >= 11 is 0. The molecule has 0 fully saturated rings. The molecular formula is C30H28F9NO3. The van der Waals surface area contributed by atoms with E-state index in [0.29, 0.717) is 11.6 Å². The van der Waals surface area contributed by atoms with E-state index in [1.807, 2.05) is 0 Å². The van der Waals surface area contributed by atoms with Gasteiger partial charge in [0.1, 0.15) is 17.1 Å². The van der Waals surface area contributed by atoms with Gasteiger partial charge in [-0.2, -0.15) is 30.7 Å². The van der Waals surface area contributed by atoms with E-state index in [0.717, 1.165) is 25.1 Å². The number of halogens is 9. The molecule has 1 amide bonds. The van der Waals surface area contributed by atoms with Crippen molar-refractivity contribution in [2.75, 3.05) is 0 Å². The second-order valence-corrected chi connectivity index (χ2v) is 10.2. The van der Waals surface area contributed by atoms with Gasteiger partial charge in [0.2, 0.25) is 5.91 Å². The van der Waals surface area contributed by atoms with Crippen LogP contribution in [0, 0.1) is 17.6 Å². The summed E-state index contributed by atoms with van der Waals surface area (Å²) in [4.78, 5) is 13.2. The average Bonchev–Trinajstić information content (AvgIpc) is 2.89. The van der Waals surface area contributed by atoms with Crippen LogP contribution in [-0.2, 0) is 16.8 Å². The molecule has 0 aromatic heterocycles. The van der Waals surface area contributed by atoms with Gasteiger partial charge in [0.25, 0.3) is 0 Å². The number of amides is 1. The van der Waals surface area contributed by atoms with Gasteiger partial charge in [-0.25, -0.2) is 8.78 Å². The number of hydrogen-bond donors (Lipinski definition) is 1. The molecule has 0 aliphatic heterocycles. The molecule has 3 rings (SSSR count). The van der Waals surface area contributed by atoms with Gasteiger partial charge in [-0.05, 0) is 37.6 Å². The summed E-state index contributed by atoms with van der Waals surface area (Å²) in [5.74, 6) is -7.11. The van der Waals surface area contributed by atoms with E-state index >= 15 is 8.78 Å². The van der Waals surface area contributed by atoms with Crippen LogP contribution < -0.4 is 14.8 Å². The number of ether oxygens (including phenoxy) is 2. The first-order chi connectivity index (χ1) is 20.0. The van der Waals surface area contributed by atoms with Crippen molar-refractivity contribution in [1.82, 2.24) is 5.32 Å². The van der Waals surface area contributed by atoms with E-state index < -0.39 is 77.3 Å². The highest BCUT2D eigenvalue weighted by atomic mass is 19.4. The molecule has 3 aromatic carbocycles. The number of carbonyl (C=O) groups excluding carboxylic acids is 1. The molecule has 43 heavy (non-hydrogen) atoms. The van der Waals surface area contributed by atoms with Gasteiger partial charge in [-0.1, -0.05) is 49.4 Å². The van der Waals surface area contributed by atoms with Crippen molar-refractivity contribution in [3.8, 4) is 11.5 Å². The Bertz CT molecular complexity index is 1400. The Labute approximate surface area is 241 Å². The minimum absolute atomic E-state index is 0.205. The van der Waals surface area contributed by atoms with Crippen LogP contribution in [0.5, 0.6) is 11.5 Å². The molecule has 0 spiro atoms. The fourth-order valence-electron chi connectivity index (χ4n) is 4.41. The van der Waals surface area contributed by atoms with Gasteiger partial charge in [0, 0.05) is 30.0 Å². The molecule has 0 aliphatic carbocycles. The van der Waals surface area contributed by atoms with Crippen molar-refractivity contribution in [3.05, 3.63) is 95.1 Å². The van der Waals surface area contributed by atoms with Crippen molar-refractivity contribution < 1.29 is 53.8 Å². The lowest BCUT2D eigenvalue weighted by atomic mass is 9.76. The number of benzene rings is 3. The normalized spacial score (nSPS) is 14.4. The Hall–Kier alpha value is -3.90. The van der Waals surface area contributed by atoms with Crippen molar-refractivity contribution in [3.63, 3.8) is 0 Å². The van der Waals surface area contributed by atoms with Crippen molar-refractivity contribution >= 4 is 5.91 Å². The summed E-state index contributed by atoms with van der Waals surface area (Å²) < 4.78 is 133. The van der Waals surface area contributed by atoms with Gasteiger partial charge in [0.05, 0.1) is 12.0 Å². The molecule has 2 atom stereocenters. The number of nitrogens with one attached hydrogen (secondary N) is 1. The lowest BCUT2D eigenvalue weighted by Gasteiger charge is -2.38. The molecule has 4 nitrogen and oxygen atoms in total. The van der Waals surface area contributed by atoms with Gasteiger partial charge >= 0.3 is 18.7 Å². The third kappa shape index (κ3) is 8.14. The summed E-state index contributed by atoms with van der Waals surface area (Å²) in [6.07, 6.45) is -16.1. The third-order valence-corrected chi connectivity index (χ3v) is 6.40. The number of rotatable bonds is 12. The maximum atomic E-state index is 15.9. The lowest BCUT2D eigenvalue weighted by Crippen LogP contribution is -2.50. The third-order valence-electron chi connectivity index (χ3n) is 6.40. The molecule has 0 saturated carbocycles. The fourth-order valence-corrected chi connectivity index (χ4v) is 4.41. The summed E-state index contributed by atoms with van der Waals surface area (Å²) in [6.45, 7) is 3.87. The minimum atomic E-state index is -4.97. The highest BCUT2D eigenvalue weighted by Crippen LogP contribution is 2.43. The number of hydrogen-bond acceptors (Lipinski definition) is 3. The zero-order valence-electron chi connectivity index (χ0n) is 23.1. The monoisotopic (exact) mass is 621 g/mol. The first kappa shape index (κ1) is 33.6. The standard InChI is InChI=1S/C30H28F9NO3/c1-17(2)42-26-22(10-7-11-23(26)31)28(16-19-8-5-4-6-9-19,40-25(41)14-18(3)29(35,36)37)21-13-12-20(15-24(21)32)43-30(38,39)27(33)34/h4-13,15,17-18,27H,14,16H2,1-3H3,(H,40,41). The number of para-hydroxylation sites is 1.